The lowest BCUT2D eigenvalue weighted by molar-refractivity contribution is -0.248. The molecule has 0 heterocycles. The average molecular weight is 801 g/mol. The van der Waals surface area contributed by atoms with Crippen molar-refractivity contribution in [2.75, 3.05) is 6.54 Å². The van der Waals surface area contributed by atoms with E-state index in [9.17, 15) is 19.2 Å². The quantitative estimate of drug-likeness (QED) is 0.104. The maximum atomic E-state index is 14.5. The van der Waals surface area contributed by atoms with Crippen LogP contribution >= 0.6 is 0 Å². The zero-order valence-electron chi connectivity index (χ0n) is 37.3. The zero-order chi connectivity index (χ0) is 42.1. The number of esters is 2. The molecule has 5 saturated carbocycles. The molecule has 2 amide bonds. The number of nitrogens with one attached hydrogen (secondary N) is 2. The van der Waals surface area contributed by atoms with Gasteiger partial charge in [-0.25, -0.2) is 4.79 Å². The Labute approximate surface area is 350 Å². The van der Waals surface area contributed by atoms with Gasteiger partial charge in [-0.05, 0) is 142 Å². The summed E-state index contributed by atoms with van der Waals surface area (Å²) < 4.78 is 11.3. The minimum atomic E-state index is -0.683. The van der Waals surface area contributed by atoms with E-state index in [-0.39, 0.29) is 57.6 Å². The molecule has 1 aromatic carbocycles. The Balaban J connectivity index is 0.998. The van der Waals surface area contributed by atoms with Gasteiger partial charge in [-0.15, -0.1) is 0 Å². The standard InChI is InChI=1S/C50H76N2O6/c1-33(2)37-23-28-50(45(56)51-31-17-12-10-11-16-20-42(54)52-34(3)44(55)57-32-36-18-14-13-15-19-36)30-29-48(8)38(43(37)50)21-22-40-47(7)26-25-41(58-35(4)53)46(5,6)39(47)24-27-49(40,48)9/h13-15,18-19,34,37-41,43H,1,10-12,16-17,20-32H2,2-9H3,(H,51,56)(H,52,54)/t34-,37-,38+,39-,40+,41-,43+,47-,48+,49+,50-/m0/s1. The van der Waals surface area contributed by atoms with E-state index >= 15 is 0 Å². The number of rotatable bonds is 15. The predicted octanol–water partition coefficient (Wildman–Crippen LogP) is 10.3. The average Bonchev–Trinajstić information content (AvgIpc) is 3.58. The van der Waals surface area contributed by atoms with Crippen LogP contribution in [0.5, 0.6) is 0 Å². The highest BCUT2D eigenvalue weighted by Crippen LogP contribution is 2.77. The summed E-state index contributed by atoms with van der Waals surface area (Å²) >= 11 is 0. The van der Waals surface area contributed by atoms with Gasteiger partial charge < -0.3 is 20.1 Å². The highest BCUT2D eigenvalue weighted by Gasteiger charge is 2.72. The molecule has 0 bridgehead atoms. The molecule has 5 aliphatic carbocycles. The Kier molecular flexibility index (Phi) is 13.3. The van der Waals surface area contributed by atoms with E-state index < -0.39 is 12.0 Å². The second-order valence-electron chi connectivity index (χ2n) is 21.0. The van der Waals surface area contributed by atoms with E-state index in [1.807, 2.05) is 30.3 Å². The van der Waals surface area contributed by atoms with E-state index in [4.69, 9.17) is 9.47 Å². The molecule has 8 nitrogen and oxygen atoms in total. The number of allylic oxidation sites excluding steroid dienone is 1. The van der Waals surface area contributed by atoms with Crippen LogP contribution in [0, 0.1) is 56.7 Å². The van der Waals surface area contributed by atoms with Gasteiger partial charge in [-0.1, -0.05) is 96.4 Å². The number of hydrogen-bond donors (Lipinski definition) is 2. The summed E-state index contributed by atoms with van der Waals surface area (Å²) in [7, 11) is 0. The first-order chi connectivity index (χ1) is 27.4. The third-order valence-electron chi connectivity index (χ3n) is 17.6. The van der Waals surface area contributed by atoms with Crippen LogP contribution in [0.15, 0.2) is 42.5 Å². The monoisotopic (exact) mass is 801 g/mol. The molecule has 8 heteroatoms. The summed E-state index contributed by atoms with van der Waals surface area (Å²) in [5, 5.41) is 6.24. The summed E-state index contributed by atoms with van der Waals surface area (Å²) in [6, 6.07) is 8.83. The fraction of sp³-hybridized carbons (Fsp3) is 0.760. The Hall–Kier alpha value is -3.16. The molecule has 58 heavy (non-hydrogen) atoms. The van der Waals surface area contributed by atoms with Crippen molar-refractivity contribution in [3.63, 3.8) is 0 Å². The minimum absolute atomic E-state index is 0.0127. The van der Waals surface area contributed by atoms with Crippen molar-refractivity contribution in [1.82, 2.24) is 10.6 Å². The fourth-order valence-electron chi connectivity index (χ4n) is 14.5. The first-order valence-corrected chi connectivity index (χ1v) is 23.0. The summed E-state index contributed by atoms with van der Waals surface area (Å²) in [6.07, 6.45) is 16.0. The zero-order valence-corrected chi connectivity index (χ0v) is 37.3. The molecule has 0 spiro atoms. The predicted molar refractivity (Wildman–Crippen MR) is 229 cm³/mol. The third-order valence-corrected chi connectivity index (χ3v) is 17.6. The van der Waals surface area contributed by atoms with Gasteiger partial charge in [0.25, 0.3) is 0 Å². The molecule has 5 aliphatic rings. The normalized spacial score (nSPS) is 36.5. The molecule has 11 atom stereocenters. The van der Waals surface area contributed by atoms with Crippen molar-refractivity contribution in [1.29, 1.82) is 0 Å². The first-order valence-electron chi connectivity index (χ1n) is 23.0. The maximum Gasteiger partial charge on any atom is 0.328 e. The fourth-order valence-corrected chi connectivity index (χ4v) is 14.5. The van der Waals surface area contributed by atoms with Crippen LogP contribution in [0.3, 0.4) is 0 Å². The highest BCUT2D eigenvalue weighted by molar-refractivity contribution is 5.84. The van der Waals surface area contributed by atoms with E-state index in [0.717, 1.165) is 76.2 Å². The molecule has 1 aromatic rings. The molecule has 0 saturated heterocycles. The van der Waals surface area contributed by atoms with Gasteiger partial charge in [-0.2, -0.15) is 0 Å². The lowest BCUT2D eigenvalue weighted by atomic mass is 9.32. The second-order valence-corrected chi connectivity index (χ2v) is 21.0. The Morgan fingerprint density at radius 1 is 0.793 bits per heavy atom. The molecule has 322 valence electrons. The minimum Gasteiger partial charge on any atom is -0.462 e. The van der Waals surface area contributed by atoms with Crippen molar-refractivity contribution in [2.45, 2.75) is 177 Å². The molecule has 0 aromatic heterocycles. The maximum absolute atomic E-state index is 14.5. The van der Waals surface area contributed by atoms with Crippen LogP contribution in [0.2, 0.25) is 0 Å². The van der Waals surface area contributed by atoms with E-state index in [1.54, 1.807) is 13.8 Å². The van der Waals surface area contributed by atoms with Gasteiger partial charge >= 0.3 is 11.9 Å². The van der Waals surface area contributed by atoms with Gasteiger partial charge in [0.2, 0.25) is 11.8 Å². The molecule has 5 fully saturated rings. The number of carbonyl (C=O) groups is 4. The Morgan fingerprint density at radius 3 is 2.21 bits per heavy atom. The lowest BCUT2D eigenvalue weighted by Crippen LogP contribution is -2.67. The second kappa shape index (κ2) is 17.4. The smallest absolute Gasteiger partial charge is 0.328 e. The summed E-state index contributed by atoms with van der Waals surface area (Å²) in [5.74, 6) is 1.94. The first kappa shape index (κ1) is 44.4. The van der Waals surface area contributed by atoms with Crippen molar-refractivity contribution >= 4 is 23.8 Å². The molecule has 0 aliphatic heterocycles. The largest absolute Gasteiger partial charge is 0.462 e. The van der Waals surface area contributed by atoms with E-state index in [1.165, 1.54) is 31.3 Å². The molecule has 2 N–H and O–H groups in total. The van der Waals surface area contributed by atoms with Crippen molar-refractivity contribution in [3.8, 4) is 0 Å². The Morgan fingerprint density at radius 2 is 1.50 bits per heavy atom. The highest BCUT2D eigenvalue weighted by atomic mass is 16.5. The lowest BCUT2D eigenvalue weighted by Gasteiger charge is -2.72. The van der Waals surface area contributed by atoms with Gasteiger partial charge in [-0.3, -0.25) is 14.4 Å². The van der Waals surface area contributed by atoms with Gasteiger partial charge in [0.15, 0.2) is 0 Å². The van der Waals surface area contributed by atoms with Gasteiger partial charge in [0.05, 0.1) is 5.41 Å². The topological polar surface area (TPSA) is 111 Å². The van der Waals surface area contributed by atoms with Crippen LogP contribution in [0.4, 0.5) is 0 Å². The van der Waals surface area contributed by atoms with E-state index in [0.29, 0.717) is 42.6 Å². The number of unbranched alkanes of at least 4 members (excludes halogenated alkanes) is 4. The van der Waals surface area contributed by atoms with Crippen LogP contribution in [0.25, 0.3) is 0 Å². The van der Waals surface area contributed by atoms with Gasteiger partial charge in [0.1, 0.15) is 18.8 Å². The third kappa shape index (κ3) is 8.17. The van der Waals surface area contributed by atoms with E-state index in [2.05, 4.69) is 58.8 Å². The summed E-state index contributed by atoms with van der Waals surface area (Å²) in [6.45, 7) is 23.4. The van der Waals surface area contributed by atoms with Crippen molar-refractivity contribution in [3.05, 3.63) is 48.0 Å². The number of benzene rings is 1. The van der Waals surface area contributed by atoms with Crippen molar-refractivity contribution < 1.29 is 28.7 Å². The van der Waals surface area contributed by atoms with Crippen molar-refractivity contribution in [2.24, 2.45) is 56.7 Å². The number of fused-ring (bicyclic) bond motifs is 7. The molecule has 6 rings (SSSR count). The number of carbonyl (C=O) groups excluding carboxylic acids is 4. The molecule has 0 radical (unpaired) electrons. The number of amides is 2. The molecular weight excluding hydrogens is 725 g/mol. The Bertz CT molecular complexity index is 1670. The van der Waals surface area contributed by atoms with Crippen LogP contribution in [0.1, 0.15) is 164 Å². The number of hydrogen-bond acceptors (Lipinski definition) is 6. The van der Waals surface area contributed by atoms with Gasteiger partial charge in [0, 0.05) is 25.3 Å². The number of ether oxygens (including phenoxy) is 2. The molecular formula is C50H76N2O6. The molecule has 0 unspecified atom stereocenters. The summed E-state index contributed by atoms with van der Waals surface area (Å²) in [5.41, 5.74) is 2.36. The summed E-state index contributed by atoms with van der Waals surface area (Å²) in [4.78, 5) is 51.5. The van der Waals surface area contributed by atoms with Crippen LogP contribution in [-0.2, 0) is 35.3 Å². The SMILES string of the molecule is C=C(C)[C@@H]1CC[C@]2(C(=O)NCCCCCCCC(=O)N[C@@H](C)C(=O)OCc3ccccc3)CC[C@]3(C)[C@H](CC[C@@H]4[C@@]5(C)CC[C@H](OC(C)=O)C(C)(C)[C@@H]5CC[C@]43C)[C@@H]12. The van der Waals surface area contributed by atoms with Crippen LogP contribution < -0.4 is 10.6 Å². The van der Waals surface area contributed by atoms with Crippen LogP contribution in [-0.4, -0.2) is 42.4 Å².